The molecule has 1 aliphatic rings. The maximum atomic E-state index is 11.1. The molecule has 2 rings (SSSR count). The number of rotatable bonds is 7. The van der Waals surface area contributed by atoms with Crippen molar-refractivity contribution in [2.45, 2.75) is 36.4 Å². The summed E-state index contributed by atoms with van der Waals surface area (Å²) in [7, 11) is 0. The van der Waals surface area contributed by atoms with Crippen molar-refractivity contribution in [2.24, 2.45) is 0 Å². The summed E-state index contributed by atoms with van der Waals surface area (Å²) < 4.78 is 0.950. The van der Waals surface area contributed by atoms with E-state index in [0.717, 1.165) is 28.1 Å². The lowest BCUT2D eigenvalue weighted by molar-refractivity contribution is -0.139. The highest BCUT2D eigenvalue weighted by molar-refractivity contribution is 9.10. The third-order valence-corrected chi connectivity index (χ3v) is 4.12. The Balaban J connectivity index is 1.75. The molecule has 18 heavy (non-hydrogen) atoms. The molecule has 0 radical (unpaired) electrons. The fourth-order valence-corrected chi connectivity index (χ4v) is 2.63. The molecule has 1 aromatic rings. The summed E-state index contributed by atoms with van der Waals surface area (Å²) in [5.41, 5.74) is 0. The number of nitrogens with one attached hydrogen (secondary N) is 1. The zero-order valence-electron chi connectivity index (χ0n) is 9.80. The first kappa shape index (κ1) is 13.8. The van der Waals surface area contributed by atoms with Crippen LogP contribution in [0.25, 0.3) is 0 Å². The number of aromatic nitrogens is 1. The Morgan fingerprint density at radius 1 is 1.61 bits per heavy atom. The Hall–Kier alpha value is -0.590. The van der Waals surface area contributed by atoms with Crippen molar-refractivity contribution in [3.05, 3.63) is 22.8 Å². The first-order chi connectivity index (χ1) is 8.65. The molecule has 98 valence electrons. The monoisotopic (exact) mass is 330 g/mol. The normalized spacial score (nSPS) is 16.5. The molecule has 1 aromatic heterocycles. The van der Waals surface area contributed by atoms with E-state index in [9.17, 15) is 4.79 Å². The van der Waals surface area contributed by atoms with Crippen molar-refractivity contribution < 1.29 is 9.90 Å². The van der Waals surface area contributed by atoms with E-state index in [1.165, 1.54) is 0 Å². The smallest absolute Gasteiger partial charge is 0.320 e. The quantitative estimate of drug-likeness (QED) is 0.752. The van der Waals surface area contributed by atoms with Crippen molar-refractivity contribution in [1.29, 1.82) is 0 Å². The minimum atomic E-state index is -0.758. The van der Waals surface area contributed by atoms with Crippen LogP contribution < -0.4 is 5.32 Å². The number of carbonyl (C=O) groups is 1. The molecule has 0 aliphatic heterocycles. The van der Waals surface area contributed by atoms with Gasteiger partial charge in [0.1, 0.15) is 6.04 Å². The van der Waals surface area contributed by atoms with Gasteiger partial charge in [0, 0.05) is 22.5 Å². The van der Waals surface area contributed by atoms with Crippen LogP contribution in [0.2, 0.25) is 0 Å². The largest absolute Gasteiger partial charge is 0.480 e. The number of pyridine rings is 1. The Morgan fingerprint density at radius 3 is 2.94 bits per heavy atom. The SMILES string of the molecule is O=C(O)C(CCSc1ccc(Br)cn1)NC1CC1. The molecular weight excluding hydrogens is 316 g/mol. The van der Waals surface area contributed by atoms with Crippen LogP contribution in [-0.4, -0.2) is 33.9 Å². The summed E-state index contributed by atoms with van der Waals surface area (Å²) in [6.45, 7) is 0. The number of halogens is 1. The minimum Gasteiger partial charge on any atom is -0.480 e. The number of carboxylic acid groups (broad SMARTS) is 1. The predicted molar refractivity (Wildman–Crippen MR) is 74.9 cm³/mol. The van der Waals surface area contributed by atoms with Crippen LogP contribution in [-0.2, 0) is 4.79 Å². The van der Waals surface area contributed by atoms with Crippen LogP contribution in [0.15, 0.2) is 27.8 Å². The maximum Gasteiger partial charge on any atom is 0.320 e. The van der Waals surface area contributed by atoms with E-state index >= 15 is 0 Å². The Bertz CT molecular complexity index is 409. The third kappa shape index (κ3) is 4.59. The standard InChI is InChI=1S/C12H15BrN2O2S/c13-8-1-4-11(14-7-8)18-6-5-10(12(16)17)15-9-2-3-9/h1,4,7,9-10,15H,2-3,5-6H2,(H,16,17). The summed E-state index contributed by atoms with van der Waals surface area (Å²) in [5, 5.41) is 13.2. The van der Waals surface area contributed by atoms with Gasteiger partial charge in [0.05, 0.1) is 5.03 Å². The van der Waals surface area contributed by atoms with E-state index in [-0.39, 0.29) is 0 Å². The summed E-state index contributed by atoms with van der Waals surface area (Å²) in [6, 6.07) is 3.85. The molecule has 0 spiro atoms. The van der Waals surface area contributed by atoms with Crippen LogP contribution in [0, 0.1) is 0 Å². The zero-order valence-corrected chi connectivity index (χ0v) is 12.2. The molecular formula is C12H15BrN2O2S. The predicted octanol–water partition coefficient (Wildman–Crippen LogP) is 2.53. The lowest BCUT2D eigenvalue weighted by Crippen LogP contribution is -2.38. The van der Waals surface area contributed by atoms with E-state index in [4.69, 9.17) is 5.11 Å². The van der Waals surface area contributed by atoms with Gasteiger partial charge in [-0.2, -0.15) is 0 Å². The van der Waals surface area contributed by atoms with Crippen LogP contribution in [0.4, 0.5) is 0 Å². The number of hydrogen-bond acceptors (Lipinski definition) is 4. The van der Waals surface area contributed by atoms with Crippen molar-refractivity contribution in [3.63, 3.8) is 0 Å². The molecule has 1 heterocycles. The first-order valence-electron chi connectivity index (χ1n) is 5.88. The highest BCUT2D eigenvalue weighted by Gasteiger charge is 2.27. The molecule has 1 saturated carbocycles. The molecule has 1 unspecified atom stereocenters. The van der Waals surface area contributed by atoms with Gasteiger partial charge in [-0.3, -0.25) is 4.79 Å². The molecule has 2 N–H and O–H groups in total. The second-order valence-electron chi connectivity index (χ2n) is 4.28. The van der Waals surface area contributed by atoms with Crippen LogP contribution in [0.3, 0.4) is 0 Å². The fraction of sp³-hybridized carbons (Fsp3) is 0.500. The molecule has 1 fully saturated rings. The lowest BCUT2D eigenvalue weighted by atomic mass is 10.2. The lowest BCUT2D eigenvalue weighted by Gasteiger charge is -2.13. The van der Waals surface area contributed by atoms with Gasteiger partial charge < -0.3 is 10.4 Å². The molecule has 0 bridgehead atoms. The van der Waals surface area contributed by atoms with Gasteiger partial charge in [-0.15, -0.1) is 11.8 Å². The fourth-order valence-electron chi connectivity index (χ4n) is 1.54. The van der Waals surface area contributed by atoms with E-state index in [1.807, 2.05) is 12.1 Å². The third-order valence-electron chi connectivity index (χ3n) is 2.67. The Labute approximate surface area is 119 Å². The van der Waals surface area contributed by atoms with E-state index in [0.29, 0.717) is 12.5 Å². The first-order valence-corrected chi connectivity index (χ1v) is 7.66. The van der Waals surface area contributed by atoms with Gasteiger partial charge in [0.25, 0.3) is 0 Å². The van der Waals surface area contributed by atoms with Crippen molar-refractivity contribution in [1.82, 2.24) is 10.3 Å². The van der Waals surface area contributed by atoms with E-state index in [2.05, 4.69) is 26.2 Å². The van der Waals surface area contributed by atoms with Gasteiger partial charge in [-0.25, -0.2) is 4.98 Å². The average molecular weight is 331 g/mol. The molecule has 0 amide bonds. The van der Waals surface area contributed by atoms with Gasteiger partial charge in [-0.1, -0.05) is 0 Å². The van der Waals surface area contributed by atoms with Crippen molar-refractivity contribution >= 4 is 33.7 Å². The summed E-state index contributed by atoms with van der Waals surface area (Å²) >= 11 is 4.92. The number of aliphatic carboxylic acids is 1. The second-order valence-corrected chi connectivity index (χ2v) is 6.31. The van der Waals surface area contributed by atoms with Crippen LogP contribution in [0.5, 0.6) is 0 Å². The molecule has 6 heteroatoms. The maximum absolute atomic E-state index is 11.1. The highest BCUT2D eigenvalue weighted by atomic mass is 79.9. The number of hydrogen-bond donors (Lipinski definition) is 2. The Kier molecular flexibility index (Phi) is 5.03. The summed E-state index contributed by atoms with van der Waals surface area (Å²) in [6.07, 6.45) is 4.57. The summed E-state index contributed by atoms with van der Waals surface area (Å²) in [4.78, 5) is 15.3. The van der Waals surface area contributed by atoms with Gasteiger partial charge in [-0.05, 0) is 47.3 Å². The van der Waals surface area contributed by atoms with E-state index in [1.54, 1.807) is 18.0 Å². The molecule has 1 atom stereocenters. The number of nitrogens with zero attached hydrogens (tertiary/aromatic N) is 1. The van der Waals surface area contributed by atoms with Gasteiger partial charge in [0.15, 0.2) is 0 Å². The highest BCUT2D eigenvalue weighted by Crippen LogP contribution is 2.22. The molecule has 0 aromatic carbocycles. The molecule has 1 aliphatic carbocycles. The Morgan fingerprint density at radius 2 is 2.39 bits per heavy atom. The van der Waals surface area contributed by atoms with Crippen molar-refractivity contribution in [3.8, 4) is 0 Å². The molecule has 0 saturated heterocycles. The minimum absolute atomic E-state index is 0.418. The van der Waals surface area contributed by atoms with Gasteiger partial charge in [0.2, 0.25) is 0 Å². The summed E-state index contributed by atoms with van der Waals surface area (Å²) in [5.74, 6) is -0.00281. The zero-order chi connectivity index (χ0) is 13.0. The number of thioether (sulfide) groups is 1. The topological polar surface area (TPSA) is 62.2 Å². The number of carboxylic acids is 1. The molecule has 4 nitrogen and oxygen atoms in total. The average Bonchev–Trinajstić information content (AvgIpc) is 3.14. The van der Waals surface area contributed by atoms with Gasteiger partial charge >= 0.3 is 5.97 Å². The van der Waals surface area contributed by atoms with Crippen LogP contribution >= 0.6 is 27.7 Å². The van der Waals surface area contributed by atoms with Crippen LogP contribution in [0.1, 0.15) is 19.3 Å². The van der Waals surface area contributed by atoms with E-state index < -0.39 is 12.0 Å². The van der Waals surface area contributed by atoms with Crippen molar-refractivity contribution in [2.75, 3.05) is 5.75 Å². The second kappa shape index (κ2) is 6.54.